The van der Waals surface area contributed by atoms with Crippen molar-refractivity contribution >= 4 is 40.6 Å². The fourth-order valence-corrected chi connectivity index (χ4v) is 3.72. The number of benzene rings is 3. The maximum absolute atomic E-state index is 13.0. The lowest BCUT2D eigenvalue weighted by Gasteiger charge is -2.17. The first-order chi connectivity index (χ1) is 13.0. The molecule has 0 saturated carbocycles. The number of thioether (sulfide) groups is 1. The molecular weight excluding hydrogens is 384 g/mol. The zero-order valence-corrected chi connectivity index (χ0v) is 15.6. The molecule has 0 bridgehead atoms. The smallest absolute Gasteiger partial charge is 0.271 e. The number of carbonyl (C=O) groups is 1. The minimum atomic E-state index is -0.532. The van der Waals surface area contributed by atoms with E-state index in [0.29, 0.717) is 5.69 Å². The highest BCUT2D eigenvalue weighted by Crippen LogP contribution is 2.37. The van der Waals surface area contributed by atoms with Crippen LogP contribution in [0.1, 0.15) is 10.8 Å². The molecule has 7 heteroatoms. The van der Waals surface area contributed by atoms with Gasteiger partial charge in [-0.1, -0.05) is 60.1 Å². The van der Waals surface area contributed by atoms with Gasteiger partial charge in [0, 0.05) is 17.0 Å². The van der Waals surface area contributed by atoms with E-state index in [1.807, 2.05) is 60.7 Å². The fraction of sp³-hybridized carbons (Fsp3) is 0.0500. The second kappa shape index (κ2) is 8.70. The van der Waals surface area contributed by atoms with Gasteiger partial charge in [0.05, 0.1) is 15.6 Å². The lowest BCUT2D eigenvalue weighted by molar-refractivity contribution is -0.384. The quantitative estimate of drug-likeness (QED) is 0.327. The normalized spacial score (nSPS) is 11.6. The molecule has 0 aromatic heterocycles. The van der Waals surface area contributed by atoms with Crippen LogP contribution >= 0.6 is 23.4 Å². The van der Waals surface area contributed by atoms with Crippen LogP contribution in [0.2, 0.25) is 5.02 Å². The number of halogens is 1. The second-order valence-corrected chi connectivity index (χ2v) is 7.22. The van der Waals surface area contributed by atoms with Crippen LogP contribution in [0, 0.1) is 10.1 Å². The Hall–Kier alpha value is -2.83. The Kier molecular flexibility index (Phi) is 6.11. The molecule has 0 spiro atoms. The predicted octanol–water partition coefficient (Wildman–Crippen LogP) is 5.72. The number of nitro benzene ring substituents is 1. The van der Waals surface area contributed by atoms with Gasteiger partial charge in [0.1, 0.15) is 5.25 Å². The van der Waals surface area contributed by atoms with Crippen LogP contribution in [0.15, 0.2) is 83.8 Å². The van der Waals surface area contributed by atoms with Crippen molar-refractivity contribution in [2.24, 2.45) is 0 Å². The number of hydrogen-bond acceptors (Lipinski definition) is 4. The molecule has 0 unspecified atom stereocenters. The summed E-state index contributed by atoms with van der Waals surface area (Å²) in [4.78, 5) is 24.2. The van der Waals surface area contributed by atoms with E-state index in [1.165, 1.54) is 30.0 Å². The van der Waals surface area contributed by atoms with E-state index in [0.717, 1.165) is 10.5 Å². The summed E-state index contributed by atoms with van der Waals surface area (Å²) < 4.78 is 0. The highest BCUT2D eigenvalue weighted by Gasteiger charge is 2.23. The predicted molar refractivity (Wildman–Crippen MR) is 108 cm³/mol. The molecule has 1 N–H and O–H groups in total. The molecule has 136 valence electrons. The maximum Gasteiger partial charge on any atom is 0.271 e. The number of nitrogens with zero attached hydrogens (tertiary/aromatic N) is 1. The number of carbonyl (C=O) groups excluding carboxylic acids is 1. The molecule has 0 radical (unpaired) electrons. The van der Waals surface area contributed by atoms with Gasteiger partial charge in [-0.25, -0.2) is 0 Å². The van der Waals surface area contributed by atoms with Gasteiger partial charge in [-0.2, -0.15) is 0 Å². The largest absolute Gasteiger partial charge is 0.323 e. The van der Waals surface area contributed by atoms with E-state index in [9.17, 15) is 14.9 Å². The molecule has 0 aliphatic rings. The third kappa shape index (κ3) is 4.87. The van der Waals surface area contributed by atoms with Crippen LogP contribution in [0.25, 0.3) is 0 Å². The number of nitrogens with one attached hydrogen (secondary N) is 1. The number of nitro groups is 1. The van der Waals surface area contributed by atoms with E-state index in [2.05, 4.69) is 5.32 Å². The summed E-state index contributed by atoms with van der Waals surface area (Å²) >= 11 is 7.52. The molecule has 3 rings (SSSR count). The van der Waals surface area contributed by atoms with E-state index >= 15 is 0 Å². The molecule has 1 amide bonds. The van der Waals surface area contributed by atoms with Crippen LogP contribution in [-0.2, 0) is 4.79 Å². The van der Waals surface area contributed by atoms with Gasteiger partial charge in [-0.05, 0) is 23.8 Å². The summed E-state index contributed by atoms with van der Waals surface area (Å²) in [5.74, 6) is -0.259. The Morgan fingerprint density at radius 1 is 1.00 bits per heavy atom. The first-order valence-electron chi connectivity index (χ1n) is 8.06. The summed E-state index contributed by atoms with van der Waals surface area (Å²) in [5, 5.41) is 13.2. The average Bonchev–Trinajstić information content (AvgIpc) is 2.69. The zero-order chi connectivity index (χ0) is 19.2. The molecule has 3 aromatic carbocycles. The summed E-state index contributed by atoms with van der Waals surface area (Å²) in [6, 6.07) is 23.0. The standard InChI is InChI=1S/C20H15ClN2O3S/c21-17-13-15(23(25)26)11-12-18(17)22-20(24)19(14-7-3-1-4-8-14)27-16-9-5-2-6-10-16/h1-13,19H,(H,22,24)/t19-/m0/s1. The summed E-state index contributed by atoms with van der Waals surface area (Å²) in [6.45, 7) is 0. The summed E-state index contributed by atoms with van der Waals surface area (Å²) in [7, 11) is 0. The molecule has 0 aliphatic carbocycles. The topological polar surface area (TPSA) is 72.2 Å². The molecule has 0 saturated heterocycles. The molecular formula is C20H15ClN2O3S. The van der Waals surface area contributed by atoms with E-state index < -0.39 is 10.2 Å². The van der Waals surface area contributed by atoms with Gasteiger partial charge in [0.15, 0.2) is 0 Å². The molecule has 27 heavy (non-hydrogen) atoms. The van der Waals surface area contributed by atoms with Crippen LogP contribution in [0.4, 0.5) is 11.4 Å². The van der Waals surface area contributed by atoms with Crippen molar-refractivity contribution in [2.45, 2.75) is 10.1 Å². The molecule has 0 heterocycles. The Labute approximate surface area is 165 Å². The second-order valence-electron chi connectivity index (χ2n) is 5.63. The molecule has 0 fully saturated rings. The third-order valence-corrected chi connectivity index (χ3v) is 5.34. The SMILES string of the molecule is O=C(Nc1ccc([N+](=O)[O-])cc1Cl)[C@@H](Sc1ccccc1)c1ccccc1. The highest BCUT2D eigenvalue weighted by molar-refractivity contribution is 8.00. The molecule has 1 atom stereocenters. The van der Waals surface area contributed by atoms with Gasteiger partial charge in [-0.3, -0.25) is 14.9 Å². The Balaban J connectivity index is 1.86. The van der Waals surface area contributed by atoms with E-state index in [1.54, 1.807) is 0 Å². The Morgan fingerprint density at radius 2 is 1.63 bits per heavy atom. The highest BCUT2D eigenvalue weighted by atomic mass is 35.5. The minimum Gasteiger partial charge on any atom is -0.323 e. The Morgan fingerprint density at radius 3 is 2.22 bits per heavy atom. The summed E-state index contributed by atoms with van der Waals surface area (Å²) in [5.41, 5.74) is 1.06. The van der Waals surface area contributed by atoms with Crippen molar-refractivity contribution in [3.63, 3.8) is 0 Å². The van der Waals surface area contributed by atoms with Crippen LogP contribution in [0.3, 0.4) is 0 Å². The van der Waals surface area contributed by atoms with Gasteiger partial charge in [0.2, 0.25) is 5.91 Å². The fourth-order valence-electron chi connectivity index (χ4n) is 2.45. The van der Waals surface area contributed by atoms with Crippen molar-refractivity contribution in [1.82, 2.24) is 0 Å². The van der Waals surface area contributed by atoms with Crippen molar-refractivity contribution < 1.29 is 9.72 Å². The van der Waals surface area contributed by atoms with Crippen molar-refractivity contribution in [1.29, 1.82) is 0 Å². The maximum atomic E-state index is 13.0. The van der Waals surface area contributed by atoms with E-state index in [-0.39, 0.29) is 16.6 Å². The number of amides is 1. The number of hydrogen-bond donors (Lipinski definition) is 1. The first kappa shape index (κ1) is 18.9. The van der Waals surface area contributed by atoms with Crippen molar-refractivity contribution in [3.8, 4) is 0 Å². The van der Waals surface area contributed by atoms with Gasteiger partial charge < -0.3 is 5.32 Å². The monoisotopic (exact) mass is 398 g/mol. The first-order valence-corrected chi connectivity index (χ1v) is 9.32. The van der Waals surface area contributed by atoms with Crippen LogP contribution < -0.4 is 5.32 Å². The van der Waals surface area contributed by atoms with Crippen molar-refractivity contribution in [2.75, 3.05) is 5.32 Å². The zero-order valence-electron chi connectivity index (χ0n) is 14.0. The molecule has 0 aliphatic heterocycles. The van der Waals surface area contributed by atoms with Crippen molar-refractivity contribution in [3.05, 3.63) is 99.6 Å². The lowest BCUT2D eigenvalue weighted by atomic mass is 10.1. The van der Waals surface area contributed by atoms with Crippen LogP contribution in [-0.4, -0.2) is 10.8 Å². The summed E-state index contributed by atoms with van der Waals surface area (Å²) in [6.07, 6.45) is 0. The molecule has 5 nitrogen and oxygen atoms in total. The molecule has 3 aromatic rings. The number of anilines is 1. The van der Waals surface area contributed by atoms with Gasteiger partial charge >= 0.3 is 0 Å². The lowest BCUT2D eigenvalue weighted by Crippen LogP contribution is -2.19. The number of rotatable bonds is 6. The number of non-ortho nitro benzene ring substituents is 1. The average molecular weight is 399 g/mol. The minimum absolute atomic E-state index is 0.120. The Bertz CT molecular complexity index is 952. The van der Waals surface area contributed by atoms with Gasteiger partial charge in [0.25, 0.3) is 5.69 Å². The third-order valence-electron chi connectivity index (χ3n) is 3.76. The van der Waals surface area contributed by atoms with Crippen LogP contribution in [0.5, 0.6) is 0 Å². The van der Waals surface area contributed by atoms with E-state index in [4.69, 9.17) is 11.6 Å². The van der Waals surface area contributed by atoms with Gasteiger partial charge in [-0.15, -0.1) is 11.8 Å².